The van der Waals surface area contributed by atoms with Crippen molar-refractivity contribution in [2.75, 3.05) is 18.2 Å². The third-order valence-corrected chi connectivity index (χ3v) is 6.34. The van der Waals surface area contributed by atoms with Gasteiger partial charge in [0.05, 0.1) is 23.4 Å². The molecule has 0 atom stereocenters. The number of thiophene rings is 1. The number of hydrogen-bond acceptors (Lipinski definition) is 6. The summed E-state index contributed by atoms with van der Waals surface area (Å²) in [7, 11) is 1.64. The maximum atomic E-state index is 12.6. The average Bonchev–Trinajstić information content (AvgIpc) is 3.41. The molecule has 1 amide bonds. The Kier molecular flexibility index (Phi) is 6.39. The van der Waals surface area contributed by atoms with E-state index in [4.69, 9.17) is 4.74 Å². The maximum absolute atomic E-state index is 12.6. The first-order valence-electron chi connectivity index (χ1n) is 9.68. The molecule has 8 heteroatoms. The number of aryl methyl sites for hydroxylation is 2. The molecule has 31 heavy (non-hydrogen) atoms. The van der Waals surface area contributed by atoms with Crippen molar-refractivity contribution in [1.29, 1.82) is 0 Å². The van der Waals surface area contributed by atoms with Crippen LogP contribution in [0.3, 0.4) is 0 Å². The van der Waals surface area contributed by atoms with Crippen LogP contribution in [0, 0.1) is 13.8 Å². The van der Waals surface area contributed by atoms with Crippen LogP contribution in [-0.2, 0) is 4.79 Å². The van der Waals surface area contributed by atoms with Crippen molar-refractivity contribution in [1.82, 2.24) is 14.8 Å². The van der Waals surface area contributed by atoms with Crippen molar-refractivity contribution in [3.63, 3.8) is 0 Å². The average molecular weight is 451 g/mol. The fraction of sp³-hybridized carbons (Fsp3) is 0.174. The Balaban J connectivity index is 1.57. The van der Waals surface area contributed by atoms with Crippen LogP contribution in [0.15, 0.2) is 65.1 Å². The van der Waals surface area contributed by atoms with Crippen LogP contribution in [0.2, 0.25) is 0 Å². The van der Waals surface area contributed by atoms with Crippen molar-refractivity contribution in [3.05, 3.63) is 71.1 Å². The molecular formula is C23H22N4O2S2. The number of methoxy groups -OCH3 is 1. The van der Waals surface area contributed by atoms with E-state index in [1.54, 1.807) is 18.4 Å². The van der Waals surface area contributed by atoms with E-state index in [0.717, 1.165) is 39.0 Å². The van der Waals surface area contributed by atoms with Crippen molar-refractivity contribution >= 4 is 34.7 Å². The fourth-order valence-corrected chi connectivity index (χ4v) is 4.72. The summed E-state index contributed by atoms with van der Waals surface area (Å²) in [6.07, 6.45) is 0. The molecule has 0 fully saturated rings. The van der Waals surface area contributed by atoms with Gasteiger partial charge in [-0.15, -0.1) is 21.5 Å². The molecule has 0 unspecified atom stereocenters. The second-order valence-corrected chi connectivity index (χ2v) is 8.92. The first-order valence-corrected chi connectivity index (χ1v) is 11.5. The molecule has 0 bridgehead atoms. The summed E-state index contributed by atoms with van der Waals surface area (Å²) in [6.45, 7) is 4.03. The highest BCUT2D eigenvalue weighted by Gasteiger charge is 2.18. The Morgan fingerprint density at radius 2 is 1.84 bits per heavy atom. The third-order valence-electron chi connectivity index (χ3n) is 4.54. The van der Waals surface area contributed by atoms with Crippen LogP contribution in [0.25, 0.3) is 16.4 Å². The number of benzene rings is 2. The van der Waals surface area contributed by atoms with Gasteiger partial charge in [0.15, 0.2) is 11.0 Å². The molecule has 0 saturated heterocycles. The number of carbonyl (C=O) groups is 1. The van der Waals surface area contributed by atoms with Crippen LogP contribution >= 0.6 is 23.1 Å². The summed E-state index contributed by atoms with van der Waals surface area (Å²) in [5, 5.41) is 14.4. The summed E-state index contributed by atoms with van der Waals surface area (Å²) in [5.41, 5.74) is 3.94. The number of carbonyl (C=O) groups excluding carboxylic acids is 1. The van der Waals surface area contributed by atoms with Gasteiger partial charge in [0.1, 0.15) is 5.75 Å². The highest BCUT2D eigenvalue weighted by Crippen LogP contribution is 2.31. The van der Waals surface area contributed by atoms with Gasteiger partial charge in [0, 0.05) is 5.69 Å². The SMILES string of the molecule is COc1ccc(-n2c(SCC(=O)Nc3cc(C)cc(C)c3)nnc2-c2cccs2)cc1. The number of anilines is 1. The lowest BCUT2D eigenvalue weighted by molar-refractivity contribution is -0.113. The zero-order valence-corrected chi connectivity index (χ0v) is 19.1. The van der Waals surface area contributed by atoms with Gasteiger partial charge < -0.3 is 10.1 Å². The van der Waals surface area contributed by atoms with E-state index in [-0.39, 0.29) is 11.7 Å². The van der Waals surface area contributed by atoms with Crippen molar-refractivity contribution in [2.45, 2.75) is 19.0 Å². The van der Waals surface area contributed by atoms with E-state index in [9.17, 15) is 4.79 Å². The summed E-state index contributed by atoms with van der Waals surface area (Å²) in [5.74, 6) is 1.66. The third kappa shape index (κ3) is 4.98. The molecule has 2 heterocycles. The number of nitrogens with one attached hydrogen (secondary N) is 1. The molecule has 0 aliphatic heterocycles. The number of amides is 1. The Labute approximate surface area is 189 Å². The van der Waals surface area contributed by atoms with E-state index in [0.29, 0.717) is 5.16 Å². The molecular weight excluding hydrogens is 428 g/mol. The highest BCUT2D eigenvalue weighted by atomic mass is 32.2. The van der Waals surface area contributed by atoms with Crippen molar-refractivity contribution in [2.24, 2.45) is 0 Å². The van der Waals surface area contributed by atoms with E-state index in [2.05, 4.69) is 21.6 Å². The summed E-state index contributed by atoms with van der Waals surface area (Å²) in [6, 6.07) is 17.7. The minimum Gasteiger partial charge on any atom is -0.497 e. The Morgan fingerprint density at radius 3 is 2.48 bits per heavy atom. The van der Waals surface area contributed by atoms with Gasteiger partial charge in [-0.1, -0.05) is 23.9 Å². The lowest BCUT2D eigenvalue weighted by Gasteiger charge is -2.11. The number of nitrogens with zero attached hydrogens (tertiary/aromatic N) is 3. The molecule has 0 aliphatic rings. The minimum atomic E-state index is -0.0862. The predicted molar refractivity (Wildman–Crippen MR) is 126 cm³/mol. The molecule has 4 aromatic rings. The van der Waals surface area contributed by atoms with E-state index in [1.807, 2.05) is 72.3 Å². The minimum absolute atomic E-state index is 0.0862. The molecule has 0 spiro atoms. The molecule has 2 aromatic heterocycles. The predicted octanol–water partition coefficient (Wildman–Crippen LogP) is 5.35. The topological polar surface area (TPSA) is 69.0 Å². The van der Waals surface area contributed by atoms with Gasteiger partial charge >= 0.3 is 0 Å². The first kappa shape index (κ1) is 21.1. The lowest BCUT2D eigenvalue weighted by atomic mass is 10.1. The van der Waals surface area contributed by atoms with E-state index in [1.165, 1.54) is 11.8 Å². The largest absolute Gasteiger partial charge is 0.497 e. The smallest absolute Gasteiger partial charge is 0.234 e. The van der Waals surface area contributed by atoms with E-state index >= 15 is 0 Å². The van der Waals surface area contributed by atoms with Crippen molar-refractivity contribution in [3.8, 4) is 22.1 Å². The second-order valence-electron chi connectivity index (χ2n) is 7.03. The van der Waals surface area contributed by atoms with Crippen LogP contribution in [0.1, 0.15) is 11.1 Å². The zero-order chi connectivity index (χ0) is 21.8. The standard InChI is InChI=1S/C23H22N4O2S2/c1-15-11-16(2)13-17(12-15)24-21(28)14-31-23-26-25-22(20-5-4-10-30-20)27(23)18-6-8-19(29-3)9-7-18/h4-13H,14H2,1-3H3,(H,24,28). The quantitative estimate of drug-likeness (QED) is 0.384. The number of thioether (sulfide) groups is 1. The highest BCUT2D eigenvalue weighted by molar-refractivity contribution is 7.99. The summed E-state index contributed by atoms with van der Waals surface area (Å²) >= 11 is 2.95. The molecule has 158 valence electrons. The lowest BCUT2D eigenvalue weighted by Crippen LogP contribution is -2.14. The van der Waals surface area contributed by atoms with Gasteiger partial charge in [0.2, 0.25) is 5.91 Å². The number of hydrogen-bond donors (Lipinski definition) is 1. The molecule has 0 saturated carbocycles. The zero-order valence-electron chi connectivity index (χ0n) is 17.5. The van der Waals surface area contributed by atoms with Gasteiger partial charge in [0.25, 0.3) is 0 Å². The van der Waals surface area contributed by atoms with Gasteiger partial charge in [-0.25, -0.2) is 0 Å². The fourth-order valence-electron chi connectivity index (χ4n) is 3.27. The normalized spacial score (nSPS) is 10.8. The number of ether oxygens (including phenoxy) is 1. The van der Waals surface area contributed by atoms with Crippen molar-refractivity contribution < 1.29 is 9.53 Å². The van der Waals surface area contributed by atoms with Gasteiger partial charge in [-0.05, 0) is 72.8 Å². The van der Waals surface area contributed by atoms with E-state index < -0.39 is 0 Å². The Bertz CT molecular complexity index is 1160. The summed E-state index contributed by atoms with van der Waals surface area (Å²) in [4.78, 5) is 13.6. The number of rotatable bonds is 7. The maximum Gasteiger partial charge on any atom is 0.234 e. The Hall–Kier alpha value is -3.10. The van der Waals surface area contributed by atoms with Crippen LogP contribution < -0.4 is 10.1 Å². The van der Waals surface area contributed by atoms with Crippen LogP contribution in [0.4, 0.5) is 5.69 Å². The molecule has 0 radical (unpaired) electrons. The summed E-state index contributed by atoms with van der Waals surface area (Å²) < 4.78 is 7.25. The molecule has 1 N–H and O–H groups in total. The molecule has 2 aromatic carbocycles. The first-order chi connectivity index (χ1) is 15.0. The molecule has 0 aliphatic carbocycles. The Morgan fingerprint density at radius 1 is 1.10 bits per heavy atom. The molecule has 6 nitrogen and oxygen atoms in total. The van der Waals surface area contributed by atoms with Gasteiger partial charge in [-0.2, -0.15) is 0 Å². The van der Waals surface area contributed by atoms with Gasteiger partial charge in [-0.3, -0.25) is 9.36 Å². The monoisotopic (exact) mass is 450 g/mol. The van der Waals surface area contributed by atoms with Crippen LogP contribution in [-0.4, -0.2) is 33.5 Å². The second kappa shape index (κ2) is 9.36. The molecule has 4 rings (SSSR count). The van der Waals surface area contributed by atoms with Crippen LogP contribution in [0.5, 0.6) is 5.75 Å². The number of aromatic nitrogens is 3.